The van der Waals surface area contributed by atoms with E-state index in [1.807, 2.05) is 37.3 Å². The smallest absolute Gasteiger partial charge is 0.152 e. The zero-order valence-electron chi connectivity index (χ0n) is 14.5. The van der Waals surface area contributed by atoms with Crippen LogP contribution in [0.1, 0.15) is 33.3 Å². The highest BCUT2D eigenvalue weighted by Crippen LogP contribution is 2.37. The number of rotatable bonds is 4. The normalized spacial score (nSPS) is 17.1. The van der Waals surface area contributed by atoms with Gasteiger partial charge in [0, 0.05) is 11.0 Å². The summed E-state index contributed by atoms with van der Waals surface area (Å²) in [5, 5.41) is 0. The molecule has 0 unspecified atom stereocenters. The Labute approximate surface area is 138 Å². The molecule has 0 N–H and O–H groups in total. The molecule has 0 amide bonds. The Morgan fingerprint density at radius 2 is 2.04 bits per heavy atom. The fraction of sp³-hybridized carbons (Fsp3) is 0.350. The Morgan fingerprint density at radius 1 is 1.30 bits per heavy atom. The summed E-state index contributed by atoms with van der Waals surface area (Å²) in [4.78, 5) is 11.2. The number of benzene rings is 1. The summed E-state index contributed by atoms with van der Waals surface area (Å²) < 4.78 is 11.3. The van der Waals surface area contributed by atoms with Crippen LogP contribution >= 0.6 is 0 Å². The SMILES string of the molecule is COc1ccc2c(c1)C(/C=C/C(C)=C/C(C)=O)=CC(C)(C)CO2. The molecular formula is C20H24O3. The lowest BCUT2D eigenvalue weighted by Crippen LogP contribution is -2.17. The maximum Gasteiger partial charge on any atom is 0.152 e. The van der Waals surface area contributed by atoms with Gasteiger partial charge in [0.25, 0.3) is 0 Å². The molecule has 3 nitrogen and oxygen atoms in total. The minimum absolute atomic E-state index is 0.0488. The standard InChI is InChI=1S/C20H24O3/c1-14(10-15(2)21)6-7-16-12-20(3,4)13-23-19-9-8-17(22-5)11-18(16)19/h6-12H,13H2,1-5H3/b7-6+,14-10+. The van der Waals surface area contributed by atoms with Crippen molar-refractivity contribution in [1.29, 1.82) is 0 Å². The van der Waals surface area contributed by atoms with E-state index in [9.17, 15) is 4.79 Å². The van der Waals surface area contributed by atoms with Crippen LogP contribution in [-0.4, -0.2) is 19.5 Å². The summed E-state index contributed by atoms with van der Waals surface area (Å²) in [7, 11) is 1.65. The van der Waals surface area contributed by atoms with E-state index >= 15 is 0 Å². The zero-order chi connectivity index (χ0) is 17.0. The van der Waals surface area contributed by atoms with Crippen molar-refractivity contribution < 1.29 is 14.3 Å². The average Bonchev–Trinajstić information content (AvgIpc) is 2.60. The van der Waals surface area contributed by atoms with Crippen molar-refractivity contribution in [1.82, 2.24) is 0 Å². The van der Waals surface area contributed by atoms with E-state index in [2.05, 4.69) is 19.9 Å². The Bertz CT molecular complexity index is 691. The Hall–Kier alpha value is -2.29. The molecule has 0 saturated carbocycles. The molecule has 0 spiro atoms. The van der Waals surface area contributed by atoms with Crippen LogP contribution in [0, 0.1) is 5.41 Å². The maximum absolute atomic E-state index is 11.2. The summed E-state index contributed by atoms with van der Waals surface area (Å²) in [5.74, 6) is 1.69. The second kappa shape index (κ2) is 6.86. The molecule has 0 atom stereocenters. The van der Waals surface area contributed by atoms with E-state index in [1.54, 1.807) is 20.1 Å². The van der Waals surface area contributed by atoms with Crippen molar-refractivity contribution in [3.05, 3.63) is 53.6 Å². The van der Waals surface area contributed by atoms with Crippen molar-refractivity contribution in [2.45, 2.75) is 27.7 Å². The van der Waals surface area contributed by atoms with Crippen molar-refractivity contribution in [2.75, 3.05) is 13.7 Å². The van der Waals surface area contributed by atoms with Crippen LogP contribution in [0.2, 0.25) is 0 Å². The van der Waals surface area contributed by atoms with Crippen LogP contribution in [0.5, 0.6) is 11.5 Å². The molecule has 23 heavy (non-hydrogen) atoms. The summed E-state index contributed by atoms with van der Waals surface area (Å²) in [6.07, 6.45) is 7.82. The van der Waals surface area contributed by atoms with Gasteiger partial charge in [-0.05, 0) is 49.3 Å². The monoisotopic (exact) mass is 312 g/mol. The van der Waals surface area contributed by atoms with Crippen molar-refractivity contribution in [2.24, 2.45) is 5.41 Å². The molecule has 3 heteroatoms. The van der Waals surface area contributed by atoms with Crippen LogP contribution < -0.4 is 9.47 Å². The van der Waals surface area contributed by atoms with Gasteiger partial charge in [0.1, 0.15) is 11.5 Å². The predicted molar refractivity (Wildman–Crippen MR) is 93.8 cm³/mol. The minimum atomic E-state index is -0.0792. The van der Waals surface area contributed by atoms with E-state index < -0.39 is 0 Å². The number of carbonyl (C=O) groups is 1. The minimum Gasteiger partial charge on any atom is -0.497 e. The first-order valence-corrected chi connectivity index (χ1v) is 7.72. The van der Waals surface area contributed by atoms with Gasteiger partial charge >= 0.3 is 0 Å². The lowest BCUT2D eigenvalue weighted by molar-refractivity contribution is -0.112. The highest BCUT2D eigenvalue weighted by Gasteiger charge is 2.23. The van der Waals surface area contributed by atoms with Gasteiger partial charge in [-0.1, -0.05) is 32.1 Å². The van der Waals surface area contributed by atoms with Gasteiger partial charge < -0.3 is 9.47 Å². The predicted octanol–water partition coefficient (Wildman–Crippen LogP) is 4.59. The first kappa shape index (κ1) is 17.1. The Morgan fingerprint density at radius 3 is 2.70 bits per heavy atom. The van der Waals surface area contributed by atoms with Crippen LogP contribution in [0.3, 0.4) is 0 Å². The molecule has 1 aliphatic heterocycles. The largest absolute Gasteiger partial charge is 0.497 e. The number of allylic oxidation sites excluding steroid dienone is 5. The van der Waals surface area contributed by atoms with E-state index in [0.717, 1.165) is 28.2 Å². The van der Waals surface area contributed by atoms with Crippen LogP contribution in [0.4, 0.5) is 0 Å². The van der Waals surface area contributed by atoms with Crippen molar-refractivity contribution in [3.8, 4) is 11.5 Å². The second-order valence-electron chi connectivity index (χ2n) is 6.57. The fourth-order valence-electron chi connectivity index (χ4n) is 2.52. The first-order valence-electron chi connectivity index (χ1n) is 7.72. The Balaban J connectivity index is 2.48. The van der Waals surface area contributed by atoms with Crippen molar-refractivity contribution in [3.63, 3.8) is 0 Å². The molecule has 0 fully saturated rings. The molecule has 0 aliphatic carbocycles. The van der Waals surface area contributed by atoms with E-state index in [4.69, 9.17) is 9.47 Å². The van der Waals surface area contributed by atoms with Crippen LogP contribution in [-0.2, 0) is 4.79 Å². The number of hydrogen-bond acceptors (Lipinski definition) is 3. The molecular weight excluding hydrogens is 288 g/mol. The highest BCUT2D eigenvalue weighted by atomic mass is 16.5. The number of carbonyl (C=O) groups excluding carboxylic acids is 1. The summed E-state index contributed by atoms with van der Waals surface area (Å²) in [5.41, 5.74) is 2.91. The number of hydrogen-bond donors (Lipinski definition) is 0. The van der Waals surface area contributed by atoms with Crippen LogP contribution in [0.25, 0.3) is 5.57 Å². The van der Waals surface area contributed by atoms with Gasteiger partial charge in [-0.25, -0.2) is 0 Å². The third kappa shape index (κ3) is 4.59. The topological polar surface area (TPSA) is 35.5 Å². The second-order valence-corrected chi connectivity index (χ2v) is 6.57. The molecule has 0 bridgehead atoms. The van der Waals surface area contributed by atoms with E-state index in [1.165, 1.54) is 0 Å². The van der Waals surface area contributed by atoms with Gasteiger partial charge in [-0.2, -0.15) is 0 Å². The third-order valence-corrected chi connectivity index (χ3v) is 3.60. The molecule has 122 valence electrons. The maximum atomic E-state index is 11.2. The zero-order valence-corrected chi connectivity index (χ0v) is 14.5. The van der Waals surface area contributed by atoms with Crippen molar-refractivity contribution >= 4 is 11.4 Å². The average molecular weight is 312 g/mol. The highest BCUT2D eigenvalue weighted by molar-refractivity contribution is 5.88. The quantitative estimate of drug-likeness (QED) is 0.602. The molecule has 2 rings (SSSR count). The van der Waals surface area contributed by atoms with E-state index in [0.29, 0.717) is 6.61 Å². The lowest BCUT2D eigenvalue weighted by atomic mass is 9.90. The summed E-state index contributed by atoms with van der Waals surface area (Å²) in [6.45, 7) is 8.37. The number of methoxy groups -OCH3 is 1. The molecule has 0 saturated heterocycles. The molecule has 1 aromatic carbocycles. The molecule has 0 radical (unpaired) electrons. The van der Waals surface area contributed by atoms with Gasteiger partial charge in [-0.3, -0.25) is 4.79 Å². The molecule has 1 aromatic rings. The Kier molecular flexibility index (Phi) is 5.09. The first-order chi connectivity index (χ1) is 10.8. The molecule has 1 heterocycles. The number of ketones is 1. The van der Waals surface area contributed by atoms with Gasteiger partial charge in [0.2, 0.25) is 0 Å². The summed E-state index contributed by atoms with van der Waals surface area (Å²) in [6, 6.07) is 5.83. The number of fused-ring (bicyclic) bond motifs is 1. The summed E-state index contributed by atoms with van der Waals surface area (Å²) >= 11 is 0. The molecule has 1 aliphatic rings. The number of ether oxygens (including phenoxy) is 2. The van der Waals surface area contributed by atoms with E-state index in [-0.39, 0.29) is 11.2 Å². The molecule has 0 aromatic heterocycles. The van der Waals surface area contributed by atoms with Gasteiger partial charge in [-0.15, -0.1) is 0 Å². The van der Waals surface area contributed by atoms with Crippen LogP contribution in [0.15, 0.2) is 48.1 Å². The lowest BCUT2D eigenvalue weighted by Gasteiger charge is -2.18. The van der Waals surface area contributed by atoms with Gasteiger partial charge in [0.05, 0.1) is 13.7 Å². The fourth-order valence-corrected chi connectivity index (χ4v) is 2.52. The third-order valence-electron chi connectivity index (χ3n) is 3.60. The van der Waals surface area contributed by atoms with Gasteiger partial charge in [0.15, 0.2) is 5.78 Å².